The van der Waals surface area contributed by atoms with E-state index in [-0.39, 0.29) is 0 Å². The Morgan fingerprint density at radius 1 is 0.684 bits per heavy atom. The molecule has 38 heavy (non-hydrogen) atoms. The first-order valence-electron chi connectivity index (χ1n) is 12.1. The summed E-state index contributed by atoms with van der Waals surface area (Å²) in [5.41, 5.74) is 4.51. The molecule has 0 aliphatic heterocycles. The number of rotatable bonds is 10. The standard InChI is InChI=1S/C29H28ClN5O3/c1-36-23-10-4-20(5-11-23)16-34(17-21-6-12-24(37-2)13-7-21)29-32-27(30)26-28(33-29)35(19-31-26)18-22-8-14-25(38-3)15-9-22/h4-15,19H,16-18H2,1-3H3. The van der Waals surface area contributed by atoms with Crippen molar-refractivity contribution >= 4 is 28.7 Å². The first-order chi connectivity index (χ1) is 18.6. The Morgan fingerprint density at radius 3 is 1.63 bits per heavy atom. The summed E-state index contributed by atoms with van der Waals surface area (Å²) >= 11 is 6.64. The number of ether oxygens (including phenoxy) is 3. The molecule has 2 aromatic heterocycles. The molecule has 0 atom stereocenters. The fourth-order valence-corrected chi connectivity index (χ4v) is 4.39. The van der Waals surface area contributed by atoms with E-state index in [1.165, 1.54) is 0 Å². The molecule has 0 saturated carbocycles. The minimum Gasteiger partial charge on any atom is -0.497 e. The molecule has 9 heteroatoms. The molecule has 5 rings (SSSR count). The number of aromatic nitrogens is 4. The van der Waals surface area contributed by atoms with E-state index in [9.17, 15) is 0 Å². The van der Waals surface area contributed by atoms with Crippen molar-refractivity contribution in [2.75, 3.05) is 26.2 Å². The van der Waals surface area contributed by atoms with Crippen molar-refractivity contribution in [3.05, 3.63) is 101 Å². The highest BCUT2D eigenvalue weighted by molar-refractivity contribution is 6.33. The summed E-state index contributed by atoms with van der Waals surface area (Å²) in [6.45, 7) is 1.74. The highest BCUT2D eigenvalue weighted by Gasteiger charge is 2.18. The third kappa shape index (κ3) is 5.65. The maximum absolute atomic E-state index is 6.64. The topological polar surface area (TPSA) is 74.5 Å². The summed E-state index contributed by atoms with van der Waals surface area (Å²) in [6, 6.07) is 23.8. The molecule has 0 bridgehead atoms. The summed E-state index contributed by atoms with van der Waals surface area (Å²) in [5.74, 6) is 2.94. The maximum atomic E-state index is 6.64. The van der Waals surface area contributed by atoms with Crippen LogP contribution < -0.4 is 19.1 Å². The van der Waals surface area contributed by atoms with Crippen molar-refractivity contribution < 1.29 is 14.2 Å². The summed E-state index contributed by atoms with van der Waals surface area (Å²) in [6.07, 6.45) is 1.75. The Balaban J connectivity index is 1.50. The molecule has 0 N–H and O–H groups in total. The summed E-state index contributed by atoms with van der Waals surface area (Å²) in [5, 5.41) is 0.313. The molecule has 3 aromatic carbocycles. The van der Waals surface area contributed by atoms with Crippen LogP contribution >= 0.6 is 11.6 Å². The zero-order chi connectivity index (χ0) is 26.5. The van der Waals surface area contributed by atoms with Crippen molar-refractivity contribution in [1.82, 2.24) is 19.5 Å². The van der Waals surface area contributed by atoms with Crippen LogP contribution in [0.25, 0.3) is 11.2 Å². The zero-order valence-corrected chi connectivity index (χ0v) is 22.2. The van der Waals surface area contributed by atoms with Gasteiger partial charge in [0.2, 0.25) is 5.95 Å². The third-order valence-electron chi connectivity index (χ3n) is 6.27. The van der Waals surface area contributed by atoms with E-state index >= 15 is 0 Å². The van der Waals surface area contributed by atoms with Crippen LogP contribution in [0.4, 0.5) is 5.95 Å². The van der Waals surface area contributed by atoms with Crippen LogP contribution in [0.3, 0.4) is 0 Å². The average Bonchev–Trinajstić information content (AvgIpc) is 3.37. The zero-order valence-electron chi connectivity index (χ0n) is 21.5. The number of nitrogens with zero attached hydrogens (tertiary/aromatic N) is 5. The SMILES string of the molecule is COc1ccc(CN(Cc2ccc(OC)cc2)c2nc(Cl)c3ncn(Cc4ccc(OC)cc4)c3n2)cc1. The Hall–Kier alpha value is -4.30. The minimum atomic E-state index is 0.313. The van der Waals surface area contributed by atoms with Crippen molar-refractivity contribution in [2.24, 2.45) is 0 Å². The van der Waals surface area contributed by atoms with Crippen LogP contribution in [-0.4, -0.2) is 40.8 Å². The van der Waals surface area contributed by atoms with Gasteiger partial charge >= 0.3 is 0 Å². The highest BCUT2D eigenvalue weighted by Crippen LogP contribution is 2.26. The Labute approximate surface area is 226 Å². The first kappa shape index (κ1) is 25.4. The molecule has 0 radical (unpaired) electrons. The van der Waals surface area contributed by atoms with E-state index in [0.717, 1.165) is 33.9 Å². The molecule has 0 aliphatic rings. The van der Waals surface area contributed by atoms with Gasteiger partial charge in [0, 0.05) is 13.1 Å². The lowest BCUT2D eigenvalue weighted by Gasteiger charge is -2.23. The van der Waals surface area contributed by atoms with E-state index in [1.807, 2.05) is 77.4 Å². The van der Waals surface area contributed by atoms with Gasteiger partial charge in [-0.1, -0.05) is 48.0 Å². The number of hydrogen-bond donors (Lipinski definition) is 0. The van der Waals surface area contributed by atoms with Crippen molar-refractivity contribution in [2.45, 2.75) is 19.6 Å². The lowest BCUT2D eigenvalue weighted by molar-refractivity contribution is 0.414. The van der Waals surface area contributed by atoms with Crippen LogP contribution in [0.1, 0.15) is 16.7 Å². The second kappa shape index (κ2) is 11.4. The van der Waals surface area contributed by atoms with Crippen LogP contribution in [0, 0.1) is 0 Å². The maximum Gasteiger partial charge on any atom is 0.229 e. The minimum absolute atomic E-state index is 0.313. The van der Waals surface area contributed by atoms with Crippen LogP contribution in [0.2, 0.25) is 5.15 Å². The molecule has 0 amide bonds. The van der Waals surface area contributed by atoms with E-state index in [0.29, 0.717) is 41.9 Å². The molecule has 0 spiro atoms. The predicted molar refractivity (Wildman–Crippen MR) is 148 cm³/mol. The van der Waals surface area contributed by atoms with Gasteiger partial charge in [0.25, 0.3) is 0 Å². The largest absolute Gasteiger partial charge is 0.497 e. The second-order valence-corrected chi connectivity index (χ2v) is 9.12. The van der Waals surface area contributed by atoms with Gasteiger partial charge in [-0.05, 0) is 53.1 Å². The van der Waals surface area contributed by atoms with Gasteiger partial charge < -0.3 is 23.7 Å². The summed E-state index contributed by atoms with van der Waals surface area (Å²) in [4.78, 5) is 16.2. The normalized spacial score (nSPS) is 10.9. The summed E-state index contributed by atoms with van der Waals surface area (Å²) in [7, 11) is 4.97. The number of halogens is 1. The van der Waals surface area contributed by atoms with Gasteiger partial charge in [0.05, 0.1) is 34.2 Å². The van der Waals surface area contributed by atoms with Gasteiger partial charge in [-0.3, -0.25) is 0 Å². The van der Waals surface area contributed by atoms with Gasteiger partial charge in [0.15, 0.2) is 10.8 Å². The quantitative estimate of drug-likeness (QED) is 0.213. The smallest absolute Gasteiger partial charge is 0.229 e. The molecule has 5 aromatic rings. The van der Waals surface area contributed by atoms with Crippen LogP contribution in [0.5, 0.6) is 17.2 Å². The molecular weight excluding hydrogens is 502 g/mol. The number of imidazole rings is 1. The van der Waals surface area contributed by atoms with Crippen molar-refractivity contribution in [3.8, 4) is 17.2 Å². The fraction of sp³-hybridized carbons (Fsp3) is 0.207. The van der Waals surface area contributed by atoms with Gasteiger partial charge in [-0.2, -0.15) is 9.97 Å². The Morgan fingerprint density at radius 2 is 1.16 bits per heavy atom. The lowest BCUT2D eigenvalue weighted by Crippen LogP contribution is -2.24. The number of benzene rings is 3. The number of hydrogen-bond acceptors (Lipinski definition) is 7. The van der Waals surface area contributed by atoms with E-state index < -0.39 is 0 Å². The number of anilines is 1. The monoisotopic (exact) mass is 529 g/mol. The first-order valence-corrected chi connectivity index (χ1v) is 12.5. The van der Waals surface area contributed by atoms with Gasteiger partial charge in [0.1, 0.15) is 22.8 Å². The molecule has 0 unspecified atom stereocenters. The second-order valence-electron chi connectivity index (χ2n) is 8.76. The van der Waals surface area contributed by atoms with Gasteiger partial charge in [-0.25, -0.2) is 4.98 Å². The van der Waals surface area contributed by atoms with E-state index in [1.54, 1.807) is 27.7 Å². The fourth-order valence-electron chi connectivity index (χ4n) is 4.18. The van der Waals surface area contributed by atoms with Crippen molar-refractivity contribution in [3.63, 3.8) is 0 Å². The van der Waals surface area contributed by atoms with Crippen LogP contribution in [-0.2, 0) is 19.6 Å². The molecule has 8 nitrogen and oxygen atoms in total. The molecule has 0 saturated heterocycles. The Bertz CT molecular complexity index is 1450. The highest BCUT2D eigenvalue weighted by atomic mass is 35.5. The van der Waals surface area contributed by atoms with Crippen molar-refractivity contribution in [1.29, 1.82) is 0 Å². The Kier molecular flexibility index (Phi) is 7.60. The van der Waals surface area contributed by atoms with Crippen LogP contribution in [0.15, 0.2) is 79.1 Å². The average molecular weight is 530 g/mol. The van der Waals surface area contributed by atoms with Gasteiger partial charge in [-0.15, -0.1) is 0 Å². The number of methoxy groups -OCH3 is 3. The number of fused-ring (bicyclic) bond motifs is 1. The lowest BCUT2D eigenvalue weighted by atomic mass is 10.1. The van der Waals surface area contributed by atoms with E-state index in [2.05, 4.69) is 14.9 Å². The molecule has 0 fully saturated rings. The predicted octanol–water partition coefficient (Wildman–Crippen LogP) is 5.76. The van der Waals surface area contributed by atoms with E-state index in [4.69, 9.17) is 30.8 Å². The molecular formula is C29H28ClN5O3. The molecule has 0 aliphatic carbocycles. The summed E-state index contributed by atoms with van der Waals surface area (Å²) < 4.78 is 17.9. The third-order valence-corrected chi connectivity index (χ3v) is 6.53. The molecule has 2 heterocycles. The molecule has 194 valence electrons.